The first-order valence-corrected chi connectivity index (χ1v) is 7.90. The van der Waals surface area contributed by atoms with Gasteiger partial charge in [0.15, 0.2) is 5.78 Å². The zero-order valence-electron chi connectivity index (χ0n) is 11.3. The molecule has 0 spiro atoms. The van der Waals surface area contributed by atoms with Crippen LogP contribution in [-0.4, -0.2) is 20.5 Å². The second-order valence-corrected chi connectivity index (χ2v) is 6.84. The summed E-state index contributed by atoms with van der Waals surface area (Å²) in [6.07, 6.45) is 1.76. The van der Waals surface area contributed by atoms with E-state index in [9.17, 15) is 4.79 Å². The average molecular weight is 401 g/mol. The Bertz CT molecular complexity index is 602. The highest BCUT2D eigenvalue weighted by Gasteiger charge is 2.14. The molecule has 0 saturated heterocycles. The molecule has 0 atom stereocenters. The number of carbonyl (C=O) groups excluding carboxylic acids is 1. The molecule has 1 aromatic heterocycles. The highest BCUT2D eigenvalue weighted by atomic mass is 79.9. The van der Waals surface area contributed by atoms with Crippen LogP contribution in [0.4, 0.5) is 0 Å². The van der Waals surface area contributed by atoms with E-state index >= 15 is 0 Å². The average Bonchev–Trinajstić information content (AvgIpc) is 2.74. The van der Waals surface area contributed by atoms with Crippen molar-refractivity contribution in [3.05, 3.63) is 44.9 Å². The lowest BCUT2D eigenvalue weighted by molar-refractivity contribution is 0.0989. The number of ketones is 1. The first kappa shape index (κ1) is 15.4. The Hall–Kier alpha value is -1.01. The van der Waals surface area contributed by atoms with Crippen molar-refractivity contribution in [1.82, 2.24) is 14.8 Å². The maximum Gasteiger partial charge on any atom is 0.170 e. The van der Waals surface area contributed by atoms with E-state index in [1.165, 1.54) is 6.33 Å². The number of aromatic nitrogens is 3. The van der Waals surface area contributed by atoms with Gasteiger partial charge in [-0.2, -0.15) is 5.10 Å². The molecule has 4 nitrogen and oxygen atoms in total. The van der Waals surface area contributed by atoms with Crippen LogP contribution in [-0.2, 0) is 13.0 Å². The van der Waals surface area contributed by atoms with Gasteiger partial charge in [0.2, 0.25) is 0 Å². The van der Waals surface area contributed by atoms with Crippen molar-refractivity contribution in [2.24, 2.45) is 5.92 Å². The fourth-order valence-corrected chi connectivity index (χ4v) is 3.18. The Morgan fingerprint density at radius 2 is 1.90 bits per heavy atom. The van der Waals surface area contributed by atoms with E-state index in [0.717, 1.165) is 15.5 Å². The number of halogens is 2. The summed E-state index contributed by atoms with van der Waals surface area (Å²) in [6.45, 7) is 4.99. The normalized spacial score (nSPS) is 11.1. The third kappa shape index (κ3) is 3.99. The van der Waals surface area contributed by atoms with Crippen molar-refractivity contribution in [2.45, 2.75) is 26.8 Å². The lowest BCUT2D eigenvalue weighted by Crippen LogP contribution is -2.14. The smallest absolute Gasteiger partial charge is 0.170 e. The van der Waals surface area contributed by atoms with Gasteiger partial charge in [-0.1, -0.05) is 45.7 Å². The quantitative estimate of drug-likeness (QED) is 0.715. The van der Waals surface area contributed by atoms with Crippen LogP contribution in [0, 0.1) is 5.92 Å². The van der Waals surface area contributed by atoms with Gasteiger partial charge in [0, 0.05) is 21.1 Å². The summed E-state index contributed by atoms with van der Waals surface area (Å²) in [5.41, 5.74) is 0.658. The predicted octanol–water partition coefficient (Wildman–Crippen LogP) is 3.88. The van der Waals surface area contributed by atoms with E-state index in [1.54, 1.807) is 4.68 Å². The third-order valence-corrected chi connectivity index (χ3v) is 3.65. The molecule has 0 unspecified atom stereocenters. The maximum atomic E-state index is 12.3. The van der Waals surface area contributed by atoms with Crippen LogP contribution in [0.3, 0.4) is 0 Å². The van der Waals surface area contributed by atoms with Crippen LogP contribution >= 0.6 is 31.9 Å². The summed E-state index contributed by atoms with van der Waals surface area (Å²) in [4.78, 5) is 16.5. The summed E-state index contributed by atoms with van der Waals surface area (Å²) < 4.78 is 3.55. The van der Waals surface area contributed by atoms with Crippen LogP contribution < -0.4 is 0 Å². The van der Waals surface area contributed by atoms with E-state index < -0.39 is 0 Å². The summed E-state index contributed by atoms with van der Waals surface area (Å²) >= 11 is 6.78. The maximum absolute atomic E-state index is 12.3. The molecule has 0 fully saturated rings. The van der Waals surface area contributed by atoms with Gasteiger partial charge in [0.05, 0.1) is 6.42 Å². The highest BCUT2D eigenvalue weighted by molar-refractivity contribution is 9.11. The van der Waals surface area contributed by atoms with Crippen LogP contribution in [0.15, 0.2) is 33.5 Å². The van der Waals surface area contributed by atoms with Crippen LogP contribution in [0.2, 0.25) is 0 Å². The molecule has 2 rings (SSSR count). The van der Waals surface area contributed by atoms with Crippen molar-refractivity contribution >= 4 is 37.6 Å². The third-order valence-electron chi connectivity index (χ3n) is 2.74. The minimum absolute atomic E-state index is 0.0324. The molecule has 0 radical (unpaired) electrons. The van der Waals surface area contributed by atoms with Gasteiger partial charge in [-0.25, -0.2) is 9.67 Å². The zero-order chi connectivity index (χ0) is 14.7. The first-order valence-electron chi connectivity index (χ1n) is 6.31. The molecule has 2 aromatic rings. The summed E-state index contributed by atoms with van der Waals surface area (Å²) in [5.74, 6) is 1.20. The molecule has 0 N–H and O–H groups in total. The number of rotatable bonds is 5. The standard InChI is InChI=1S/C14H15Br2N3O/c1-9(2)7-19-14(17-8-18-19)6-13(20)10-3-11(15)5-12(16)4-10/h3-5,8-9H,6-7H2,1-2H3. The minimum Gasteiger partial charge on any atom is -0.294 e. The number of carbonyl (C=O) groups is 1. The monoisotopic (exact) mass is 399 g/mol. The number of benzene rings is 1. The predicted molar refractivity (Wildman–Crippen MR) is 84.7 cm³/mol. The minimum atomic E-state index is 0.0324. The topological polar surface area (TPSA) is 47.8 Å². The highest BCUT2D eigenvalue weighted by Crippen LogP contribution is 2.21. The van der Waals surface area contributed by atoms with Gasteiger partial charge >= 0.3 is 0 Å². The van der Waals surface area contributed by atoms with Gasteiger partial charge in [-0.05, 0) is 24.1 Å². The molecule has 1 aromatic carbocycles. The van der Waals surface area contributed by atoms with E-state index in [1.807, 2.05) is 18.2 Å². The Labute approximate surface area is 134 Å². The molecule has 0 aliphatic carbocycles. The Balaban J connectivity index is 2.17. The van der Waals surface area contributed by atoms with Gasteiger partial charge in [0.1, 0.15) is 12.2 Å². The van der Waals surface area contributed by atoms with Crippen LogP contribution in [0.5, 0.6) is 0 Å². The molecule has 0 saturated carbocycles. The van der Waals surface area contributed by atoms with E-state index in [4.69, 9.17) is 0 Å². The lowest BCUT2D eigenvalue weighted by atomic mass is 10.1. The molecular formula is C14H15Br2N3O. The fraction of sp³-hybridized carbons (Fsp3) is 0.357. The Kier molecular flexibility index (Phi) is 5.10. The SMILES string of the molecule is CC(C)Cn1ncnc1CC(=O)c1cc(Br)cc(Br)c1. The van der Waals surface area contributed by atoms with E-state index in [0.29, 0.717) is 17.3 Å². The zero-order valence-corrected chi connectivity index (χ0v) is 14.5. The molecule has 0 amide bonds. The second kappa shape index (κ2) is 6.63. The van der Waals surface area contributed by atoms with E-state index in [2.05, 4.69) is 55.8 Å². The summed E-state index contributed by atoms with van der Waals surface area (Å²) in [6, 6.07) is 5.53. The number of nitrogens with zero attached hydrogens (tertiary/aromatic N) is 3. The van der Waals surface area contributed by atoms with Crippen molar-refractivity contribution in [1.29, 1.82) is 0 Å². The molecule has 106 valence electrons. The molecule has 6 heteroatoms. The number of hydrogen-bond acceptors (Lipinski definition) is 3. The Morgan fingerprint density at radius 3 is 2.50 bits per heavy atom. The van der Waals surface area contributed by atoms with Crippen molar-refractivity contribution in [3.63, 3.8) is 0 Å². The van der Waals surface area contributed by atoms with Crippen LogP contribution in [0.1, 0.15) is 30.0 Å². The van der Waals surface area contributed by atoms with Crippen LogP contribution in [0.25, 0.3) is 0 Å². The lowest BCUT2D eigenvalue weighted by Gasteiger charge is -2.08. The Morgan fingerprint density at radius 1 is 1.25 bits per heavy atom. The number of Topliss-reactive ketones (excluding diaryl/α,β-unsaturated/α-hetero) is 1. The van der Waals surface area contributed by atoms with Gasteiger partial charge < -0.3 is 0 Å². The summed E-state index contributed by atoms with van der Waals surface area (Å²) in [5, 5.41) is 4.17. The molecule has 1 heterocycles. The molecular weight excluding hydrogens is 386 g/mol. The van der Waals surface area contributed by atoms with Crippen molar-refractivity contribution in [2.75, 3.05) is 0 Å². The largest absolute Gasteiger partial charge is 0.294 e. The first-order chi connectivity index (χ1) is 9.45. The molecule has 0 aliphatic heterocycles. The van der Waals surface area contributed by atoms with Crippen molar-refractivity contribution in [3.8, 4) is 0 Å². The number of hydrogen-bond donors (Lipinski definition) is 0. The molecule has 20 heavy (non-hydrogen) atoms. The summed E-state index contributed by atoms with van der Waals surface area (Å²) in [7, 11) is 0. The molecule has 0 bridgehead atoms. The second-order valence-electron chi connectivity index (χ2n) is 5.01. The van der Waals surface area contributed by atoms with E-state index in [-0.39, 0.29) is 12.2 Å². The van der Waals surface area contributed by atoms with Crippen molar-refractivity contribution < 1.29 is 4.79 Å². The fourth-order valence-electron chi connectivity index (χ4n) is 1.88. The van der Waals surface area contributed by atoms with Gasteiger partial charge in [-0.3, -0.25) is 4.79 Å². The van der Waals surface area contributed by atoms with Gasteiger partial charge in [-0.15, -0.1) is 0 Å². The molecule has 0 aliphatic rings. The van der Waals surface area contributed by atoms with Gasteiger partial charge in [0.25, 0.3) is 0 Å².